The normalized spacial score (nSPS) is 29.9. The van der Waals surface area contributed by atoms with Gasteiger partial charge in [0.1, 0.15) is 6.04 Å². The second-order valence-electron chi connectivity index (χ2n) is 1.41. The van der Waals surface area contributed by atoms with Gasteiger partial charge in [-0.2, -0.15) is 5.26 Å². The van der Waals surface area contributed by atoms with Crippen LogP contribution >= 0.6 is 0 Å². The molecule has 7 heavy (non-hydrogen) atoms. The number of hydrazine groups is 1. The summed E-state index contributed by atoms with van der Waals surface area (Å²) in [5.74, 6) is 0. The maximum atomic E-state index is 8.19. The Hall–Kier alpha value is -0.590. The van der Waals surface area contributed by atoms with E-state index in [9.17, 15) is 0 Å². The fourth-order valence-corrected chi connectivity index (χ4v) is 0.480. The highest BCUT2D eigenvalue weighted by atomic mass is 15.4. The summed E-state index contributed by atoms with van der Waals surface area (Å²) in [7, 11) is 0. The SMILES string of the molecule is N#CC1C[CH]NN1. The summed E-state index contributed by atoms with van der Waals surface area (Å²) < 4.78 is 0. The van der Waals surface area contributed by atoms with Gasteiger partial charge in [0.25, 0.3) is 0 Å². The molecule has 37 valence electrons. The number of hydrogen-bond donors (Lipinski definition) is 2. The van der Waals surface area contributed by atoms with Gasteiger partial charge in [0.15, 0.2) is 0 Å². The minimum absolute atomic E-state index is 0.0139. The zero-order valence-corrected chi connectivity index (χ0v) is 3.81. The van der Waals surface area contributed by atoms with E-state index in [4.69, 9.17) is 5.26 Å². The molecule has 1 atom stereocenters. The van der Waals surface area contributed by atoms with Crippen LogP contribution in [0.1, 0.15) is 6.42 Å². The Morgan fingerprint density at radius 1 is 1.86 bits per heavy atom. The van der Waals surface area contributed by atoms with Crippen molar-refractivity contribution in [2.45, 2.75) is 12.5 Å². The van der Waals surface area contributed by atoms with Gasteiger partial charge >= 0.3 is 0 Å². The number of nitrogens with zero attached hydrogens (tertiary/aromatic N) is 1. The molecule has 1 aliphatic heterocycles. The van der Waals surface area contributed by atoms with E-state index in [1.54, 1.807) is 0 Å². The van der Waals surface area contributed by atoms with E-state index >= 15 is 0 Å². The van der Waals surface area contributed by atoms with Gasteiger partial charge in [0.05, 0.1) is 6.07 Å². The van der Waals surface area contributed by atoms with Gasteiger partial charge in [-0.15, -0.1) is 0 Å². The van der Waals surface area contributed by atoms with Crippen molar-refractivity contribution in [1.29, 1.82) is 5.26 Å². The molecule has 1 saturated heterocycles. The van der Waals surface area contributed by atoms with Gasteiger partial charge in [-0.05, 0) is 6.42 Å². The van der Waals surface area contributed by atoms with Crippen LogP contribution in [-0.2, 0) is 0 Å². The third kappa shape index (κ3) is 0.889. The van der Waals surface area contributed by atoms with Crippen molar-refractivity contribution in [2.75, 3.05) is 0 Å². The van der Waals surface area contributed by atoms with E-state index < -0.39 is 0 Å². The molecule has 0 aliphatic carbocycles. The van der Waals surface area contributed by atoms with Crippen LogP contribution in [0.15, 0.2) is 0 Å². The summed E-state index contributed by atoms with van der Waals surface area (Å²) in [5.41, 5.74) is 5.47. The summed E-state index contributed by atoms with van der Waals surface area (Å²) in [6.45, 7) is 1.83. The molecule has 0 amide bonds. The van der Waals surface area contributed by atoms with Crippen molar-refractivity contribution in [3.8, 4) is 6.07 Å². The molecule has 1 fully saturated rings. The molecule has 3 nitrogen and oxygen atoms in total. The second-order valence-corrected chi connectivity index (χ2v) is 1.41. The third-order valence-corrected chi connectivity index (χ3v) is 0.869. The standard InChI is InChI=1S/C4H6N3/c5-3-4-1-2-6-7-4/h2,4,6-7H,1H2. The number of hydrogen-bond acceptors (Lipinski definition) is 3. The zero-order chi connectivity index (χ0) is 5.11. The monoisotopic (exact) mass is 96.1 g/mol. The van der Waals surface area contributed by atoms with Crippen molar-refractivity contribution < 1.29 is 0 Å². The van der Waals surface area contributed by atoms with Gasteiger partial charge in [-0.1, -0.05) is 0 Å². The maximum Gasteiger partial charge on any atom is 0.109 e. The fourth-order valence-electron chi connectivity index (χ4n) is 0.480. The molecule has 1 unspecified atom stereocenters. The van der Waals surface area contributed by atoms with Crippen LogP contribution in [0.3, 0.4) is 0 Å². The number of rotatable bonds is 0. The smallest absolute Gasteiger partial charge is 0.109 e. The van der Waals surface area contributed by atoms with Gasteiger partial charge < -0.3 is 0 Å². The molecule has 2 N–H and O–H groups in total. The Kier molecular flexibility index (Phi) is 1.25. The zero-order valence-electron chi connectivity index (χ0n) is 3.81. The molecule has 1 heterocycles. The van der Waals surface area contributed by atoms with E-state index in [2.05, 4.69) is 16.9 Å². The molecule has 0 aromatic heterocycles. The average Bonchev–Trinajstić information content (AvgIpc) is 2.14. The number of nitrogens with one attached hydrogen (secondary N) is 2. The summed E-state index contributed by atoms with van der Waals surface area (Å²) in [6, 6.07) is 2.05. The van der Waals surface area contributed by atoms with Crippen LogP contribution in [0.2, 0.25) is 0 Å². The lowest BCUT2D eigenvalue weighted by atomic mass is 10.3. The van der Waals surface area contributed by atoms with Gasteiger partial charge in [-0.3, -0.25) is 5.43 Å². The molecule has 3 heteroatoms. The maximum absolute atomic E-state index is 8.19. The molecule has 0 aromatic carbocycles. The molecule has 0 aromatic rings. The van der Waals surface area contributed by atoms with Crippen LogP contribution in [0, 0.1) is 17.9 Å². The van der Waals surface area contributed by atoms with Crippen LogP contribution in [0.4, 0.5) is 0 Å². The first-order chi connectivity index (χ1) is 3.43. The average molecular weight is 96.1 g/mol. The molecule has 0 saturated carbocycles. The Bertz CT molecular complexity index is 87.6. The van der Waals surface area contributed by atoms with Gasteiger partial charge in [-0.25, -0.2) is 5.43 Å². The highest BCUT2D eigenvalue weighted by Crippen LogP contribution is 1.95. The van der Waals surface area contributed by atoms with Crippen LogP contribution < -0.4 is 10.9 Å². The topological polar surface area (TPSA) is 47.9 Å². The first kappa shape index (κ1) is 4.57. The molecule has 0 spiro atoms. The first-order valence-corrected chi connectivity index (χ1v) is 2.16. The predicted octanol–water partition coefficient (Wildman–Crippen LogP) is -0.462. The minimum atomic E-state index is -0.0139. The Morgan fingerprint density at radius 3 is 3.00 bits per heavy atom. The minimum Gasteiger partial charge on any atom is -0.252 e. The van der Waals surface area contributed by atoms with E-state index in [1.807, 2.05) is 6.54 Å². The highest BCUT2D eigenvalue weighted by molar-refractivity contribution is 4.95. The fraction of sp³-hybridized carbons (Fsp3) is 0.500. The summed E-state index contributed by atoms with van der Waals surface area (Å²) in [5, 5.41) is 8.19. The first-order valence-electron chi connectivity index (χ1n) is 2.16. The summed E-state index contributed by atoms with van der Waals surface area (Å²) >= 11 is 0. The molecule has 0 bridgehead atoms. The molecular formula is C4H6N3. The van der Waals surface area contributed by atoms with Crippen LogP contribution in [0.5, 0.6) is 0 Å². The third-order valence-electron chi connectivity index (χ3n) is 0.869. The lowest BCUT2D eigenvalue weighted by Gasteiger charge is -1.91. The molecule has 1 radical (unpaired) electrons. The highest BCUT2D eigenvalue weighted by Gasteiger charge is 2.10. The Labute approximate surface area is 42.3 Å². The van der Waals surface area contributed by atoms with Gasteiger partial charge in [0.2, 0.25) is 0 Å². The molecular weight excluding hydrogens is 90.1 g/mol. The van der Waals surface area contributed by atoms with E-state index in [0.717, 1.165) is 6.42 Å². The van der Waals surface area contributed by atoms with Crippen molar-refractivity contribution in [2.24, 2.45) is 0 Å². The van der Waals surface area contributed by atoms with Gasteiger partial charge in [0, 0.05) is 6.54 Å². The van der Waals surface area contributed by atoms with Crippen LogP contribution in [0.25, 0.3) is 0 Å². The largest absolute Gasteiger partial charge is 0.252 e. The van der Waals surface area contributed by atoms with Crippen molar-refractivity contribution in [3.63, 3.8) is 0 Å². The molecule has 1 aliphatic rings. The summed E-state index contributed by atoms with van der Waals surface area (Å²) in [6.07, 6.45) is 0.802. The predicted molar refractivity (Wildman–Crippen MR) is 24.6 cm³/mol. The van der Waals surface area contributed by atoms with Crippen molar-refractivity contribution >= 4 is 0 Å². The second kappa shape index (κ2) is 1.92. The van der Waals surface area contributed by atoms with Crippen molar-refractivity contribution in [1.82, 2.24) is 10.9 Å². The Balaban J connectivity index is 2.31. The quantitative estimate of drug-likeness (QED) is 0.429. The van der Waals surface area contributed by atoms with Crippen molar-refractivity contribution in [3.05, 3.63) is 6.54 Å². The molecule has 1 rings (SSSR count). The lowest BCUT2D eigenvalue weighted by Crippen LogP contribution is -2.27. The van der Waals surface area contributed by atoms with E-state index in [0.29, 0.717) is 0 Å². The summed E-state index contributed by atoms with van der Waals surface area (Å²) in [4.78, 5) is 0. The van der Waals surface area contributed by atoms with E-state index in [-0.39, 0.29) is 6.04 Å². The van der Waals surface area contributed by atoms with E-state index in [1.165, 1.54) is 0 Å². The lowest BCUT2D eigenvalue weighted by molar-refractivity contribution is 0.649. The number of nitriles is 1. The van der Waals surface area contributed by atoms with Crippen LogP contribution in [-0.4, -0.2) is 6.04 Å². The Morgan fingerprint density at radius 2 is 2.71 bits per heavy atom.